The summed E-state index contributed by atoms with van der Waals surface area (Å²) in [4.78, 5) is 10.6. The van der Waals surface area contributed by atoms with Crippen LogP contribution in [0, 0.1) is 10.1 Å². The van der Waals surface area contributed by atoms with E-state index in [2.05, 4.69) is 16.9 Å². The Labute approximate surface area is 165 Å². The van der Waals surface area contributed by atoms with Crippen LogP contribution in [0.1, 0.15) is 0 Å². The van der Waals surface area contributed by atoms with Crippen molar-refractivity contribution < 1.29 is 14.6 Å². The molecule has 3 aromatic carbocycles. The number of fused-ring (bicyclic) bond motifs is 1. The number of halogens is 1. The Balaban J connectivity index is 2.11. The number of phenols is 1. The first-order valence-electron chi connectivity index (χ1n) is 8.26. The molecule has 0 aromatic heterocycles. The molecule has 3 aromatic rings. The number of anilines is 1. The second kappa shape index (κ2) is 8.01. The van der Waals surface area contributed by atoms with E-state index in [9.17, 15) is 15.2 Å². The van der Waals surface area contributed by atoms with Crippen molar-refractivity contribution in [1.82, 2.24) is 0 Å². The van der Waals surface area contributed by atoms with Gasteiger partial charge in [-0.15, -0.1) is 21.8 Å². The first kappa shape index (κ1) is 19.2. The van der Waals surface area contributed by atoms with Crippen LogP contribution in [0.3, 0.4) is 0 Å². The Bertz CT molecular complexity index is 1110. The van der Waals surface area contributed by atoms with Gasteiger partial charge in [0.25, 0.3) is 5.69 Å². The van der Waals surface area contributed by atoms with E-state index in [0.29, 0.717) is 17.8 Å². The number of hydrogen-bond acceptors (Lipinski definition) is 6. The molecule has 9 heteroatoms. The van der Waals surface area contributed by atoms with Gasteiger partial charge in [-0.05, 0) is 29.7 Å². The van der Waals surface area contributed by atoms with Crippen LogP contribution in [0.2, 0.25) is 0 Å². The minimum absolute atomic E-state index is 0.0349. The second-order valence-corrected chi connectivity index (χ2v) is 6.37. The lowest BCUT2D eigenvalue weighted by Crippen LogP contribution is -2.05. The molecule has 0 heterocycles. The molecule has 0 aliphatic heterocycles. The van der Waals surface area contributed by atoms with Gasteiger partial charge in [0.15, 0.2) is 12.2 Å². The van der Waals surface area contributed by atoms with Crippen molar-refractivity contribution in [1.29, 1.82) is 0 Å². The second-order valence-electron chi connectivity index (χ2n) is 6.00. The highest BCUT2D eigenvalue weighted by Crippen LogP contribution is 2.39. The molecule has 0 bridgehead atoms. The molecular weight excluding hydrogens is 382 g/mol. The van der Waals surface area contributed by atoms with E-state index in [4.69, 9.17) is 17.3 Å². The molecule has 0 spiro atoms. The molecule has 3 rings (SSSR count). The van der Waals surface area contributed by atoms with Crippen molar-refractivity contribution in [2.75, 3.05) is 18.2 Å². The van der Waals surface area contributed by atoms with Gasteiger partial charge in [0, 0.05) is 29.3 Å². The summed E-state index contributed by atoms with van der Waals surface area (Å²) in [5.74, 6) is 0.314. The van der Waals surface area contributed by atoms with Gasteiger partial charge < -0.3 is 10.8 Å². The van der Waals surface area contributed by atoms with E-state index in [1.165, 1.54) is 24.3 Å². The first-order valence-corrected chi connectivity index (χ1v) is 8.79. The molecule has 0 radical (unpaired) electrons. The molecule has 28 heavy (non-hydrogen) atoms. The molecule has 142 valence electrons. The van der Waals surface area contributed by atoms with E-state index >= 15 is 0 Å². The van der Waals surface area contributed by atoms with Crippen LogP contribution in [0.5, 0.6) is 5.75 Å². The summed E-state index contributed by atoms with van der Waals surface area (Å²) in [5, 5.41) is 31.0. The molecule has 0 fully saturated rings. The van der Waals surface area contributed by atoms with Crippen LogP contribution in [0.4, 0.5) is 28.4 Å². The monoisotopic (exact) mass is 398 g/mol. The Morgan fingerprint density at radius 3 is 2.61 bits per heavy atom. The van der Waals surface area contributed by atoms with Crippen LogP contribution < -0.4 is 5.73 Å². The Morgan fingerprint density at radius 1 is 1.14 bits per heavy atom. The highest BCUT2D eigenvalue weighted by Gasteiger charge is 2.15. The lowest BCUT2D eigenvalue weighted by molar-refractivity contribution is -0.425. The van der Waals surface area contributed by atoms with Crippen LogP contribution in [-0.2, 0) is 0 Å². The van der Waals surface area contributed by atoms with Crippen molar-refractivity contribution in [3.8, 4) is 5.75 Å². The summed E-state index contributed by atoms with van der Waals surface area (Å²) in [5.41, 5.74) is 6.60. The average molecular weight is 399 g/mol. The Kier molecular flexibility index (Phi) is 5.51. The van der Waals surface area contributed by atoms with E-state index in [0.717, 1.165) is 11.1 Å². The highest BCUT2D eigenvalue weighted by atomic mass is 35.5. The topological polar surface area (TPSA) is 117 Å². The summed E-state index contributed by atoms with van der Waals surface area (Å²) >= 11 is 5.77. The van der Waals surface area contributed by atoms with Crippen molar-refractivity contribution in [3.05, 3.63) is 58.6 Å². The molecule has 0 saturated heterocycles. The number of nitro benzene ring substituents is 1. The zero-order valence-electron chi connectivity index (χ0n) is 14.7. The number of nitrogen functional groups attached to an aromatic ring is 1. The zero-order valence-corrected chi connectivity index (χ0v) is 15.5. The Morgan fingerprint density at radius 2 is 1.89 bits per heavy atom. The third-order valence-corrected chi connectivity index (χ3v) is 4.30. The van der Waals surface area contributed by atoms with E-state index < -0.39 is 4.92 Å². The summed E-state index contributed by atoms with van der Waals surface area (Å²) in [6.07, 6.45) is 0. The Hall–Kier alpha value is -3.52. The molecule has 3 N–H and O–H groups in total. The number of benzene rings is 3. The van der Waals surface area contributed by atoms with Crippen LogP contribution >= 0.6 is 11.6 Å². The lowest BCUT2D eigenvalue weighted by atomic mass is 10.1. The average Bonchev–Trinajstić information content (AvgIpc) is 2.67. The van der Waals surface area contributed by atoms with Crippen LogP contribution in [-0.4, -0.2) is 33.7 Å². The maximum atomic E-state index is 11.2. The third kappa shape index (κ3) is 3.91. The molecule has 0 aliphatic carbocycles. The summed E-state index contributed by atoms with van der Waals surface area (Å²) < 4.78 is 1.72. The van der Waals surface area contributed by atoms with Gasteiger partial charge in [0.05, 0.1) is 10.8 Å². The summed E-state index contributed by atoms with van der Waals surface area (Å²) in [6.45, 7) is 4.48. The van der Waals surface area contributed by atoms with E-state index in [1.807, 2.05) is 12.1 Å². The van der Waals surface area contributed by atoms with Crippen molar-refractivity contribution in [2.24, 2.45) is 10.2 Å². The number of alkyl halides is 1. The van der Waals surface area contributed by atoms with Crippen molar-refractivity contribution in [3.63, 3.8) is 0 Å². The number of azo groups is 1. The number of phenolic OH excluding ortho intramolecular Hbond substituents is 1. The van der Waals surface area contributed by atoms with Gasteiger partial charge in [0.1, 0.15) is 18.2 Å². The smallest absolute Gasteiger partial charge is 0.298 e. The number of nitrogens with two attached hydrogens (primary N) is 1. The number of aromatic hydroxyl groups is 1. The summed E-state index contributed by atoms with van der Waals surface area (Å²) in [6, 6.07) is 12.9. The third-order valence-electron chi connectivity index (χ3n) is 4.13. The standard InChI is InChI=1S/C19H16ClN5O3/c1-24(9-8-20)14-5-2-12-3-7-18(26)19(15(12)11-14)23-22-16-6-4-13(21)10-17(16)25(27)28/h2-7,10-11H,1,8-9H2,(H2-,21,22,23,26)/p+1. The van der Waals surface area contributed by atoms with Gasteiger partial charge in [-0.25, -0.2) is 4.58 Å². The molecule has 8 nitrogen and oxygen atoms in total. The fraction of sp³-hybridized carbons (Fsp3) is 0.105. The number of rotatable bonds is 6. The number of nitro groups is 1. The van der Waals surface area contributed by atoms with Crippen molar-refractivity contribution >= 4 is 57.5 Å². The predicted octanol–water partition coefficient (Wildman–Crippen LogP) is 5.03. The van der Waals surface area contributed by atoms with Gasteiger partial charge >= 0.3 is 0 Å². The molecule has 0 unspecified atom stereocenters. The largest absolute Gasteiger partial charge is 0.506 e. The minimum Gasteiger partial charge on any atom is -0.506 e. The highest BCUT2D eigenvalue weighted by molar-refractivity contribution is 6.18. The minimum atomic E-state index is -0.585. The van der Waals surface area contributed by atoms with Gasteiger partial charge in [-0.3, -0.25) is 10.1 Å². The van der Waals surface area contributed by atoms with E-state index in [-0.39, 0.29) is 28.5 Å². The van der Waals surface area contributed by atoms with Gasteiger partial charge in [-0.1, -0.05) is 6.07 Å². The van der Waals surface area contributed by atoms with Crippen LogP contribution in [0.15, 0.2) is 58.8 Å². The summed E-state index contributed by atoms with van der Waals surface area (Å²) in [7, 11) is 0. The number of hydrogen-bond donors (Lipinski definition) is 2. The first-order chi connectivity index (χ1) is 13.4. The van der Waals surface area contributed by atoms with E-state index in [1.54, 1.807) is 16.7 Å². The zero-order chi connectivity index (χ0) is 20.3. The molecule has 0 saturated carbocycles. The van der Waals surface area contributed by atoms with Crippen molar-refractivity contribution in [2.45, 2.75) is 0 Å². The molecule has 0 atom stereocenters. The van der Waals surface area contributed by atoms with Gasteiger partial charge in [0.2, 0.25) is 5.69 Å². The molecule has 0 aliphatic rings. The maximum absolute atomic E-state index is 11.2. The molecular formula is C19H17ClN5O3+. The van der Waals surface area contributed by atoms with Crippen LogP contribution in [0.25, 0.3) is 10.8 Å². The lowest BCUT2D eigenvalue weighted by Gasteiger charge is -2.06. The fourth-order valence-electron chi connectivity index (χ4n) is 2.69. The SMILES string of the molecule is C=[N+](CCCl)c1ccc2ccc(O)c(N=Nc3ccc(N)cc3[N+](=O)[O-])c2c1. The maximum Gasteiger partial charge on any atom is 0.298 e. The fourth-order valence-corrected chi connectivity index (χ4v) is 2.89. The molecule has 0 amide bonds. The normalized spacial score (nSPS) is 11.2. The van der Waals surface area contributed by atoms with Gasteiger partial charge in [-0.2, -0.15) is 0 Å². The predicted molar refractivity (Wildman–Crippen MR) is 110 cm³/mol. The number of nitrogens with zero attached hydrogens (tertiary/aromatic N) is 4. The quantitative estimate of drug-likeness (QED) is 0.115.